The molecule has 1 aliphatic rings. The number of pyridine rings is 1. The van der Waals surface area contributed by atoms with Gasteiger partial charge in [0.05, 0.1) is 5.56 Å². The molecule has 1 fully saturated rings. The van der Waals surface area contributed by atoms with Gasteiger partial charge in [-0.05, 0) is 12.5 Å². The molecule has 5 nitrogen and oxygen atoms in total. The van der Waals surface area contributed by atoms with Crippen molar-refractivity contribution < 1.29 is 32.3 Å². The lowest BCUT2D eigenvalue weighted by Crippen LogP contribution is -2.39. The van der Waals surface area contributed by atoms with E-state index in [1.54, 1.807) is 0 Å². The van der Waals surface area contributed by atoms with Crippen molar-refractivity contribution in [2.45, 2.75) is 25.1 Å². The lowest BCUT2D eigenvalue weighted by molar-refractivity contribution is -0.139. The molecule has 0 aliphatic carbocycles. The lowest BCUT2D eigenvalue weighted by atomic mass is 10.2. The van der Waals surface area contributed by atoms with Crippen LogP contribution in [0.4, 0.5) is 23.4 Å². The summed E-state index contributed by atoms with van der Waals surface area (Å²) in [7, 11) is 0. The fourth-order valence-corrected chi connectivity index (χ4v) is 1.95. The highest BCUT2D eigenvalue weighted by molar-refractivity contribution is 6.01. The Morgan fingerprint density at radius 3 is 2.60 bits per heavy atom. The van der Waals surface area contributed by atoms with Crippen molar-refractivity contribution in [1.29, 1.82) is 0 Å². The molecule has 0 unspecified atom stereocenters. The fraction of sp³-hybridized carbons (Fsp3) is 0.364. The van der Waals surface area contributed by atoms with E-state index in [2.05, 4.69) is 4.98 Å². The number of nitrogens with zero attached hydrogens (tertiary/aromatic N) is 2. The minimum Gasteiger partial charge on any atom is -0.480 e. The number of carbonyl (C=O) groups excluding carboxylic acids is 1. The van der Waals surface area contributed by atoms with Crippen molar-refractivity contribution in [2.75, 3.05) is 4.90 Å². The van der Waals surface area contributed by atoms with Crippen LogP contribution >= 0.6 is 0 Å². The second kappa shape index (κ2) is 4.73. The zero-order valence-corrected chi connectivity index (χ0v) is 9.82. The summed E-state index contributed by atoms with van der Waals surface area (Å²) in [5.74, 6) is -4.14. The van der Waals surface area contributed by atoms with Crippen molar-refractivity contribution in [2.24, 2.45) is 0 Å². The number of hydrogen-bond donors (Lipinski definition) is 1. The predicted octanol–water partition coefficient (Wildman–Crippen LogP) is 1.82. The number of aromatic nitrogens is 1. The molecule has 108 valence electrons. The van der Waals surface area contributed by atoms with Gasteiger partial charge in [0.1, 0.15) is 6.04 Å². The Morgan fingerprint density at radius 1 is 1.45 bits per heavy atom. The number of carboxylic acids is 1. The summed E-state index contributed by atoms with van der Waals surface area (Å²) < 4.78 is 50.8. The standard InChI is InChI=1S/C11H8F4N2O3/c12-6-3-5(11(13,14)15)4-16-9(6)17-7(10(19)20)1-2-8(17)18/h3-4,7H,1-2H2,(H,19,20)/t7-/m0/s1. The van der Waals surface area contributed by atoms with Gasteiger partial charge < -0.3 is 5.11 Å². The third-order valence-electron chi connectivity index (χ3n) is 2.87. The Labute approximate surface area is 109 Å². The van der Waals surface area contributed by atoms with Crippen LogP contribution in [0.5, 0.6) is 0 Å². The molecular formula is C11H8F4N2O3. The van der Waals surface area contributed by atoms with Gasteiger partial charge in [0, 0.05) is 12.6 Å². The quantitative estimate of drug-likeness (QED) is 0.844. The molecule has 1 N–H and O–H groups in total. The van der Waals surface area contributed by atoms with Crippen molar-refractivity contribution >= 4 is 17.7 Å². The molecule has 20 heavy (non-hydrogen) atoms. The summed E-state index contributed by atoms with van der Waals surface area (Å²) in [5, 5.41) is 8.91. The minimum absolute atomic E-state index is 0.0453. The smallest absolute Gasteiger partial charge is 0.417 e. The van der Waals surface area contributed by atoms with E-state index in [1.165, 1.54) is 0 Å². The number of rotatable bonds is 2. The van der Waals surface area contributed by atoms with Crippen molar-refractivity contribution in [3.8, 4) is 0 Å². The molecule has 2 heterocycles. The van der Waals surface area contributed by atoms with Crippen LogP contribution in [-0.2, 0) is 15.8 Å². The SMILES string of the molecule is O=C(O)[C@@H]1CCC(=O)N1c1ncc(C(F)(F)F)cc1F. The van der Waals surface area contributed by atoms with Gasteiger partial charge in [-0.15, -0.1) is 0 Å². The van der Waals surface area contributed by atoms with Crippen LogP contribution in [0.15, 0.2) is 12.3 Å². The monoisotopic (exact) mass is 292 g/mol. The molecule has 1 atom stereocenters. The summed E-state index contributed by atoms with van der Waals surface area (Å²) >= 11 is 0. The molecule has 9 heteroatoms. The highest BCUT2D eigenvalue weighted by atomic mass is 19.4. The zero-order chi connectivity index (χ0) is 15.1. The summed E-state index contributed by atoms with van der Waals surface area (Å²) in [6.07, 6.45) is -4.58. The molecule has 1 aromatic rings. The van der Waals surface area contributed by atoms with E-state index >= 15 is 0 Å². The highest BCUT2D eigenvalue weighted by Gasteiger charge is 2.40. The Balaban J connectivity index is 2.42. The third kappa shape index (κ3) is 2.43. The molecule has 1 amide bonds. The predicted molar refractivity (Wildman–Crippen MR) is 57.3 cm³/mol. The van der Waals surface area contributed by atoms with Gasteiger partial charge in [-0.1, -0.05) is 0 Å². The van der Waals surface area contributed by atoms with Crippen LogP contribution in [0, 0.1) is 5.82 Å². The van der Waals surface area contributed by atoms with Crippen LogP contribution in [0.3, 0.4) is 0 Å². The van der Waals surface area contributed by atoms with Gasteiger partial charge in [-0.2, -0.15) is 13.2 Å². The minimum atomic E-state index is -4.77. The van der Waals surface area contributed by atoms with Crippen molar-refractivity contribution in [3.05, 3.63) is 23.6 Å². The molecular weight excluding hydrogens is 284 g/mol. The number of anilines is 1. The molecule has 2 rings (SSSR count). The summed E-state index contributed by atoms with van der Waals surface area (Å²) in [6.45, 7) is 0. The maximum atomic E-state index is 13.7. The second-order valence-corrected chi connectivity index (χ2v) is 4.18. The highest BCUT2D eigenvalue weighted by Crippen LogP contribution is 2.33. The molecule has 0 aromatic carbocycles. The average Bonchev–Trinajstić information content (AvgIpc) is 2.70. The summed E-state index contributed by atoms with van der Waals surface area (Å²) in [6, 6.07) is -1.13. The maximum Gasteiger partial charge on any atom is 0.417 e. The number of alkyl halides is 3. The van der Waals surface area contributed by atoms with Crippen LogP contribution in [0.25, 0.3) is 0 Å². The Bertz CT molecular complexity index is 573. The van der Waals surface area contributed by atoms with E-state index in [4.69, 9.17) is 5.11 Å². The Hall–Kier alpha value is -2.19. The van der Waals surface area contributed by atoms with E-state index in [9.17, 15) is 27.2 Å². The summed E-state index contributed by atoms with van der Waals surface area (Å²) in [4.78, 5) is 26.3. The molecule has 1 aliphatic heterocycles. The first-order valence-corrected chi connectivity index (χ1v) is 5.49. The molecule has 0 spiro atoms. The van der Waals surface area contributed by atoms with Gasteiger partial charge in [0.25, 0.3) is 0 Å². The van der Waals surface area contributed by atoms with Crippen molar-refractivity contribution in [3.63, 3.8) is 0 Å². The van der Waals surface area contributed by atoms with Crippen LogP contribution < -0.4 is 4.90 Å². The fourth-order valence-electron chi connectivity index (χ4n) is 1.95. The molecule has 0 bridgehead atoms. The van der Waals surface area contributed by atoms with Gasteiger partial charge >= 0.3 is 12.1 Å². The summed E-state index contributed by atoms with van der Waals surface area (Å²) in [5.41, 5.74) is -1.31. The number of hydrogen-bond acceptors (Lipinski definition) is 3. The normalized spacial score (nSPS) is 19.5. The first kappa shape index (κ1) is 14.2. The topological polar surface area (TPSA) is 70.5 Å². The van der Waals surface area contributed by atoms with Crippen LogP contribution in [0.1, 0.15) is 18.4 Å². The molecule has 0 radical (unpaired) electrons. The van der Waals surface area contributed by atoms with Gasteiger partial charge in [0.15, 0.2) is 11.6 Å². The molecule has 0 saturated carbocycles. The first-order valence-electron chi connectivity index (χ1n) is 5.49. The van der Waals surface area contributed by atoms with E-state index in [0.717, 1.165) is 0 Å². The Morgan fingerprint density at radius 2 is 2.10 bits per heavy atom. The number of halogens is 4. The van der Waals surface area contributed by atoms with E-state index in [-0.39, 0.29) is 18.9 Å². The van der Waals surface area contributed by atoms with E-state index in [0.29, 0.717) is 11.1 Å². The lowest BCUT2D eigenvalue weighted by Gasteiger charge is -2.21. The zero-order valence-electron chi connectivity index (χ0n) is 9.82. The largest absolute Gasteiger partial charge is 0.480 e. The van der Waals surface area contributed by atoms with Crippen LogP contribution in [0.2, 0.25) is 0 Å². The molecule has 1 saturated heterocycles. The second-order valence-electron chi connectivity index (χ2n) is 4.18. The van der Waals surface area contributed by atoms with Gasteiger partial charge in [0.2, 0.25) is 5.91 Å². The third-order valence-corrected chi connectivity index (χ3v) is 2.87. The van der Waals surface area contributed by atoms with Gasteiger partial charge in [-0.3, -0.25) is 9.69 Å². The van der Waals surface area contributed by atoms with Crippen molar-refractivity contribution in [1.82, 2.24) is 4.98 Å². The number of carboxylic acid groups (broad SMARTS) is 1. The van der Waals surface area contributed by atoms with Crippen LogP contribution in [-0.4, -0.2) is 28.0 Å². The van der Waals surface area contributed by atoms with Gasteiger partial charge in [-0.25, -0.2) is 14.2 Å². The Kier molecular flexibility index (Phi) is 3.36. The number of carbonyl (C=O) groups is 2. The van der Waals surface area contributed by atoms with E-state index in [1.807, 2.05) is 0 Å². The molecule has 1 aromatic heterocycles. The number of amides is 1. The number of aliphatic carboxylic acids is 1. The first-order chi connectivity index (χ1) is 9.21. The van der Waals surface area contributed by atoms with E-state index < -0.39 is 41.3 Å². The maximum absolute atomic E-state index is 13.7. The average molecular weight is 292 g/mol.